The number of rotatable bonds is 7. The molecule has 0 saturated carbocycles. The van der Waals surface area contributed by atoms with Crippen LogP contribution in [0.3, 0.4) is 0 Å². The van der Waals surface area contributed by atoms with Crippen molar-refractivity contribution in [3.63, 3.8) is 0 Å². The Labute approximate surface area is 193 Å². The Kier molecular flexibility index (Phi) is 7.64. The molecule has 0 radical (unpaired) electrons. The molecule has 0 bridgehead atoms. The van der Waals surface area contributed by atoms with E-state index in [1.54, 1.807) is 12.3 Å². The molecule has 1 atom stereocenters. The van der Waals surface area contributed by atoms with Crippen LogP contribution in [0.2, 0.25) is 5.02 Å². The standard InChI is InChI=1S/C24H28ClFN4O2/c1-6-30(7-2)13-19-20(24(31)32-5)22(17-9-8-16(26)11-18(17)25)29-23(28-19)21-15(4)10-14(3)12-27-21/h8-12,22H,6-7,13H2,1-5H3,(H,28,29)/t22-/m0/s1. The fraction of sp³-hybridized carbons (Fsp3) is 0.375. The third-order valence-electron chi connectivity index (χ3n) is 5.50. The normalized spacial score (nSPS) is 16.1. The Bertz CT molecular complexity index is 1080. The molecule has 32 heavy (non-hydrogen) atoms. The monoisotopic (exact) mass is 458 g/mol. The molecule has 2 heterocycles. The number of halogens is 2. The number of hydrogen-bond donors (Lipinski definition) is 1. The highest BCUT2D eigenvalue weighted by atomic mass is 35.5. The van der Waals surface area contributed by atoms with Gasteiger partial charge in [-0.1, -0.05) is 37.6 Å². The molecule has 1 N–H and O–H groups in total. The van der Waals surface area contributed by atoms with Gasteiger partial charge in [-0.15, -0.1) is 0 Å². The van der Waals surface area contributed by atoms with Crippen LogP contribution in [0.15, 0.2) is 46.7 Å². The van der Waals surface area contributed by atoms with Crippen molar-refractivity contribution in [1.29, 1.82) is 0 Å². The molecule has 0 saturated heterocycles. The second-order valence-electron chi connectivity index (χ2n) is 7.69. The average molecular weight is 459 g/mol. The Morgan fingerprint density at radius 1 is 1.25 bits per heavy atom. The van der Waals surface area contributed by atoms with Crippen molar-refractivity contribution in [3.05, 3.63) is 75.0 Å². The summed E-state index contributed by atoms with van der Waals surface area (Å²) in [6.45, 7) is 10.1. The first-order valence-corrected chi connectivity index (χ1v) is 10.9. The predicted molar refractivity (Wildman–Crippen MR) is 124 cm³/mol. The van der Waals surface area contributed by atoms with Gasteiger partial charge in [-0.2, -0.15) is 0 Å². The molecule has 1 aliphatic rings. The molecule has 2 aromatic rings. The molecule has 8 heteroatoms. The van der Waals surface area contributed by atoms with Crippen molar-refractivity contribution in [2.24, 2.45) is 4.99 Å². The number of methoxy groups -OCH3 is 1. The van der Waals surface area contributed by atoms with Gasteiger partial charge in [0.1, 0.15) is 17.6 Å². The number of benzene rings is 1. The second-order valence-corrected chi connectivity index (χ2v) is 8.10. The smallest absolute Gasteiger partial charge is 0.338 e. The van der Waals surface area contributed by atoms with E-state index >= 15 is 0 Å². The summed E-state index contributed by atoms with van der Waals surface area (Å²) in [4.78, 5) is 24.5. The number of pyridine rings is 1. The van der Waals surface area contributed by atoms with Crippen LogP contribution < -0.4 is 5.32 Å². The number of carbonyl (C=O) groups excluding carboxylic acids is 1. The highest BCUT2D eigenvalue weighted by molar-refractivity contribution is 6.31. The van der Waals surface area contributed by atoms with Crippen LogP contribution in [-0.4, -0.2) is 48.4 Å². The number of likely N-dealkylation sites (N-methyl/N-ethyl adjacent to an activating group) is 1. The summed E-state index contributed by atoms with van der Waals surface area (Å²) in [7, 11) is 1.33. The molecule has 6 nitrogen and oxygen atoms in total. The summed E-state index contributed by atoms with van der Waals surface area (Å²) in [5.41, 5.74) is 4.20. The van der Waals surface area contributed by atoms with Crippen LogP contribution in [0, 0.1) is 19.7 Å². The number of carbonyl (C=O) groups is 1. The van der Waals surface area contributed by atoms with Gasteiger partial charge in [0.15, 0.2) is 5.84 Å². The molecular weight excluding hydrogens is 431 g/mol. The zero-order chi connectivity index (χ0) is 23.4. The number of nitrogens with one attached hydrogen (secondary N) is 1. The van der Waals surface area contributed by atoms with Crippen LogP contribution in [0.25, 0.3) is 0 Å². The molecule has 1 aromatic heterocycles. The lowest BCUT2D eigenvalue weighted by Gasteiger charge is -2.30. The first-order valence-electron chi connectivity index (χ1n) is 10.6. The number of aryl methyl sites for hydroxylation is 2. The van der Waals surface area contributed by atoms with E-state index in [9.17, 15) is 9.18 Å². The fourth-order valence-corrected chi connectivity index (χ4v) is 4.04. The van der Waals surface area contributed by atoms with Gasteiger partial charge in [-0.05, 0) is 50.2 Å². The quantitative estimate of drug-likeness (QED) is 0.625. The maximum atomic E-state index is 13.8. The summed E-state index contributed by atoms with van der Waals surface area (Å²) in [5.74, 6) is -0.441. The highest BCUT2D eigenvalue weighted by Crippen LogP contribution is 2.36. The zero-order valence-corrected chi connectivity index (χ0v) is 19.8. The van der Waals surface area contributed by atoms with Crippen molar-refractivity contribution in [2.75, 3.05) is 26.7 Å². The van der Waals surface area contributed by atoms with E-state index < -0.39 is 17.8 Å². The van der Waals surface area contributed by atoms with Gasteiger partial charge in [-0.3, -0.25) is 14.9 Å². The van der Waals surface area contributed by atoms with Gasteiger partial charge < -0.3 is 10.1 Å². The van der Waals surface area contributed by atoms with Crippen LogP contribution in [0.5, 0.6) is 0 Å². The molecule has 0 unspecified atom stereocenters. The van der Waals surface area contributed by atoms with Crippen molar-refractivity contribution >= 4 is 23.4 Å². The largest absolute Gasteiger partial charge is 0.466 e. The number of aromatic nitrogens is 1. The average Bonchev–Trinajstić information content (AvgIpc) is 2.76. The number of ether oxygens (including phenoxy) is 1. The molecule has 1 aromatic carbocycles. The minimum absolute atomic E-state index is 0.192. The first kappa shape index (κ1) is 23.9. The Balaban J connectivity index is 2.22. The lowest BCUT2D eigenvalue weighted by molar-refractivity contribution is -0.136. The molecule has 3 rings (SSSR count). The van der Waals surface area contributed by atoms with Crippen LogP contribution in [0.1, 0.15) is 42.3 Å². The number of amidine groups is 1. The lowest BCUT2D eigenvalue weighted by atomic mass is 9.94. The van der Waals surface area contributed by atoms with Crippen molar-refractivity contribution in [1.82, 2.24) is 15.2 Å². The first-order chi connectivity index (χ1) is 15.3. The van der Waals surface area contributed by atoms with Gasteiger partial charge in [0.25, 0.3) is 0 Å². The summed E-state index contributed by atoms with van der Waals surface area (Å²) >= 11 is 6.40. The van der Waals surface area contributed by atoms with Gasteiger partial charge >= 0.3 is 5.97 Å². The van der Waals surface area contributed by atoms with Crippen molar-refractivity contribution in [2.45, 2.75) is 33.7 Å². The molecule has 0 spiro atoms. The van der Waals surface area contributed by atoms with E-state index in [1.807, 2.05) is 19.9 Å². The van der Waals surface area contributed by atoms with E-state index in [1.165, 1.54) is 19.2 Å². The highest BCUT2D eigenvalue weighted by Gasteiger charge is 2.34. The summed E-state index contributed by atoms with van der Waals surface area (Å²) in [6.07, 6.45) is 1.77. The molecule has 0 aliphatic carbocycles. The van der Waals surface area contributed by atoms with Crippen molar-refractivity contribution < 1.29 is 13.9 Å². The second kappa shape index (κ2) is 10.2. The summed E-state index contributed by atoms with van der Waals surface area (Å²) < 4.78 is 18.9. The minimum atomic E-state index is -0.764. The SMILES string of the molecule is CCN(CC)CC1=C(C(=O)OC)[C@H](c2ccc(F)cc2Cl)N=C(c2ncc(C)cc2C)N1. The summed E-state index contributed by atoms with van der Waals surface area (Å²) in [5, 5.41) is 3.52. The Hall–Kier alpha value is -2.77. The topological polar surface area (TPSA) is 66.8 Å². The van der Waals surface area contributed by atoms with Gasteiger partial charge in [-0.25, -0.2) is 9.18 Å². The number of esters is 1. The molecule has 170 valence electrons. The van der Waals surface area contributed by atoms with Crippen LogP contribution in [-0.2, 0) is 9.53 Å². The van der Waals surface area contributed by atoms with Crippen molar-refractivity contribution in [3.8, 4) is 0 Å². The third-order valence-corrected chi connectivity index (χ3v) is 5.83. The number of aliphatic imine (C=N–C) groups is 1. The number of hydrogen-bond acceptors (Lipinski definition) is 6. The van der Waals surface area contributed by atoms with E-state index in [0.717, 1.165) is 24.2 Å². The van der Waals surface area contributed by atoms with E-state index in [0.29, 0.717) is 34.9 Å². The maximum absolute atomic E-state index is 13.8. The van der Waals surface area contributed by atoms with Crippen LogP contribution in [0.4, 0.5) is 4.39 Å². The number of nitrogens with zero attached hydrogens (tertiary/aromatic N) is 3. The van der Waals surface area contributed by atoms with E-state index in [4.69, 9.17) is 21.3 Å². The Morgan fingerprint density at radius 3 is 2.56 bits per heavy atom. The maximum Gasteiger partial charge on any atom is 0.338 e. The van der Waals surface area contributed by atoms with Gasteiger partial charge in [0.2, 0.25) is 0 Å². The molecule has 0 fully saturated rings. The zero-order valence-electron chi connectivity index (χ0n) is 19.0. The van der Waals surface area contributed by atoms with Gasteiger partial charge in [0.05, 0.1) is 12.7 Å². The predicted octanol–water partition coefficient (Wildman–Crippen LogP) is 4.35. The van der Waals surface area contributed by atoms with E-state index in [2.05, 4.69) is 29.0 Å². The Morgan fingerprint density at radius 2 is 1.97 bits per heavy atom. The fourth-order valence-electron chi connectivity index (χ4n) is 3.77. The van der Waals surface area contributed by atoms with Crippen LogP contribution >= 0.6 is 11.6 Å². The third kappa shape index (κ3) is 5.00. The molecule has 1 aliphatic heterocycles. The summed E-state index contributed by atoms with van der Waals surface area (Å²) in [6, 6.07) is 5.35. The lowest BCUT2D eigenvalue weighted by Crippen LogP contribution is -2.40. The van der Waals surface area contributed by atoms with E-state index in [-0.39, 0.29) is 5.02 Å². The molecule has 0 amide bonds. The van der Waals surface area contributed by atoms with Gasteiger partial charge in [0, 0.05) is 29.0 Å². The minimum Gasteiger partial charge on any atom is -0.466 e. The molecular formula is C24H28ClFN4O2.